The molecular formula is C17H15N3O3. The van der Waals surface area contributed by atoms with Crippen LogP contribution in [0.25, 0.3) is 0 Å². The van der Waals surface area contributed by atoms with E-state index in [0.29, 0.717) is 17.8 Å². The number of rotatable bonds is 5. The van der Waals surface area contributed by atoms with E-state index in [2.05, 4.69) is 10.6 Å². The van der Waals surface area contributed by atoms with Gasteiger partial charge in [0.1, 0.15) is 0 Å². The predicted molar refractivity (Wildman–Crippen MR) is 84.1 cm³/mol. The van der Waals surface area contributed by atoms with Crippen LogP contribution in [0.1, 0.15) is 11.1 Å². The van der Waals surface area contributed by atoms with Gasteiger partial charge in [-0.3, -0.25) is 4.79 Å². The van der Waals surface area contributed by atoms with Crippen LogP contribution < -0.4 is 20.1 Å². The minimum absolute atomic E-state index is 0.143. The molecule has 0 saturated carbocycles. The summed E-state index contributed by atoms with van der Waals surface area (Å²) in [5.74, 6) is 1.33. The quantitative estimate of drug-likeness (QED) is 0.883. The van der Waals surface area contributed by atoms with E-state index in [0.717, 1.165) is 17.1 Å². The van der Waals surface area contributed by atoms with E-state index >= 15 is 0 Å². The zero-order valence-electron chi connectivity index (χ0n) is 12.3. The minimum Gasteiger partial charge on any atom is -0.454 e. The van der Waals surface area contributed by atoms with Gasteiger partial charge in [-0.15, -0.1) is 0 Å². The smallest absolute Gasteiger partial charge is 0.238 e. The molecular weight excluding hydrogens is 294 g/mol. The Hall–Kier alpha value is -3.04. The maximum absolute atomic E-state index is 11.9. The zero-order chi connectivity index (χ0) is 16.1. The predicted octanol–water partition coefficient (Wildman–Crippen LogP) is 2.02. The maximum Gasteiger partial charge on any atom is 0.238 e. The van der Waals surface area contributed by atoms with Crippen molar-refractivity contribution in [3.8, 4) is 17.6 Å². The molecule has 1 aliphatic heterocycles. The van der Waals surface area contributed by atoms with Gasteiger partial charge in [0, 0.05) is 12.2 Å². The molecule has 0 aromatic heterocycles. The molecule has 0 spiro atoms. The van der Waals surface area contributed by atoms with Gasteiger partial charge in [-0.25, -0.2) is 0 Å². The van der Waals surface area contributed by atoms with Crippen molar-refractivity contribution in [1.82, 2.24) is 5.32 Å². The average Bonchev–Trinajstić information content (AvgIpc) is 3.03. The third-order valence-electron chi connectivity index (χ3n) is 3.35. The highest BCUT2D eigenvalue weighted by molar-refractivity contribution is 5.92. The number of nitriles is 1. The van der Waals surface area contributed by atoms with Crippen molar-refractivity contribution in [3.05, 3.63) is 53.6 Å². The molecule has 1 heterocycles. The molecule has 2 N–H and O–H groups in total. The summed E-state index contributed by atoms with van der Waals surface area (Å²) in [5, 5.41) is 14.6. The lowest BCUT2D eigenvalue weighted by atomic mass is 10.2. The van der Waals surface area contributed by atoms with Gasteiger partial charge in [-0.05, 0) is 42.0 Å². The molecule has 23 heavy (non-hydrogen) atoms. The third-order valence-corrected chi connectivity index (χ3v) is 3.35. The Balaban J connectivity index is 1.46. The summed E-state index contributed by atoms with van der Waals surface area (Å²) in [6, 6.07) is 14.4. The number of ether oxygens (including phenoxy) is 2. The van der Waals surface area contributed by atoms with Gasteiger partial charge < -0.3 is 20.1 Å². The number of hydrogen-bond donors (Lipinski definition) is 2. The Morgan fingerprint density at radius 1 is 1.13 bits per heavy atom. The van der Waals surface area contributed by atoms with Crippen LogP contribution in [-0.4, -0.2) is 19.2 Å². The van der Waals surface area contributed by atoms with Gasteiger partial charge in [0.05, 0.1) is 18.2 Å². The van der Waals surface area contributed by atoms with Crippen LogP contribution in [0, 0.1) is 11.3 Å². The summed E-state index contributed by atoms with van der Waals surface area (Å²) in [6.45, 7) is 0.991. The van der Waals surface area contributed by atoms with Crippen molar-refractivity contribution < 1.29 is 14.3 Å². The summed E-state index contributed by atoms with van der Waals surface area (Å²) >= 11 is 0. The molecule has 0 saturated heterocycles. The van der Waals surface area contributed by atoms with Crippen LogP contribution in [0.15, 0.2) is 42.5 Å². The van der Waals surface area contributed by atoms with Crippen molar-refractivity contribution in [2.24, 2.45) is 0 Å². The molecule has 0 unspecified atom stereocenters. The van der Waals surface area contributed by atoms with Gasteiger partial charge in [-0.1, -0.05) is 6.07 Å². The lowest BCUT2D eigenvalue weighted by Gasteiger charge is -2.07. The number of amides is 1. The maximum atomic E-state index is 11.9. The normalized spacial score (nSPS) is 11.8. The van der Waals surface area contributed by atoms with Crippen LogP contribution in [0.4, 0.5) is 5.69 Å². The fourth-order valence-corrected chi connectivity index (χ4v) is 2.20. The molecule has 0 aliphatic carbocycles. The molecule has 0 atom stereocenters. The lowest BCUT2D eigenvalue weighted by molar-refractivity contribution is -0.115. The van der Waals surface area contributed by atoms with E-state index in [9.17, 15) is 4.79 Å². The molecule has 0 radical (unpaired) electrons. The topological polar surface area (TPSA) is 83.4 Å². The van der Waals surface area contributed by atoms with E-state index in [4.69, 9.17) is 14.7 Å². The molecule has 0 bridgehead atoms. The first-order valence-corrected chi connectivity index (χ1v) is 7.14. The van der Waals surface area contributed by atoms with Gasteiger partial charge in [-0.2, -0.15) is 5.26 Å². The molecule has 3 rings (SSSR count). The van der Waals surface area contributed by atoms with E-state index in [1.54, 1.807) is 24.3 Å². The molecule has 1 amide bonds. The fourth-order valence-electron chi connectivity index (χ4n) is 2.20. The van der Waals surface area contributed by atoms with Crippen LogP contribution >= 0.6 is 0 Å². The Kier molecular flexibility index (Phi) is 4.41. The number of carbonyl (C=O) groups is 1. The third kappa shape index (κ3) is 3.78. The Labute approximate surface area is 133 Å². The van der Waals surface area contributed by atoms with Crippen molar-refractivity contribution in [3.63, 3.8) is 0 Å². The Bertz CT molecular complexity index is 751. The van der Waals surface area contributed by atoms with Gasteiger partial charge >= 0.3 is 0 Å². The summed E-state index contributed by atoms with van der Waals surface area (Å²) in [6.07, 6.45) is 0. The summed E-state index contributed by atoms with van der Waals surface area (Å²) in [7, 11) is 0. The van der Waals surface area contributed by atoms with Gasteiger partial charge in [0.15, 0.2) is 11.5 Å². The van der Waals surface area contributed by atoms with E-state index in [1.165, 1.54) is 0 Å². The molecule has 6 heteroatoms. The van der Waals surface area contributed by atoms with E-state index < -0.39 is 0 Å². The second-order valence-electron chi connectivity index (χ2n) is 5.03. The molecule has 1 aliphatic rings. The molecule has 6 nitrogen and oxygen atoms in total. The number of carbonyl (C=O) groups excluding carboxylic acids is 1. The average molecular weight is 309 g/mol. The van der Waals surface area contributed by atoms with Crippen molar-refractivity contribution >= 4 is 11.6 Å². The van der Waals surface area contributed by atoms with Crippen molar-refractivity contribution in [2.75, 3.05) is 18.7 Å². The highest BCUT2D eigenvalue weighted by atomic mass is 16.7. The van der Waals surface area contributed by atoms with Crippen LogP contribution in [-0.2, 0) is 11.3 Å². The number of benzene rings is 2. The van der Waals surface area contributed by atoms with Gasteiger partial charge in [0.25, 0.3) is 0 Å². The highest BCUT2D eigenvalue weighted by Crippen LogP contribution is 2.32. The lowest BCUT2D eigenvalue weighted by Crippen LogP contribution is -2.27. The SMILES string of the molecule is N#Cc1ccc(NC(=O)CNCc2ccc3c(c2)OCO3)cc1. The fraction of sp³-hybridized carbons (Fsp3) is 0.176. The Morgan fingerprint density at radius 2 is 1.91 bits per heavy atom. The molecule has 0 fully saturated rings. The summed E-state index contributed by atoms with van der Waals surface area (Å²) in [4.78, 5) is 11.9. The van der Waals surface area contributed by atoms with E-state index in [1.807, 2.05) is 24.3 Å². The number of nitrogens with zero attached hydrogens (tertiary/aromatic N) is 1. The number of fused-ring (bicyclic) bond motifs is 1. The number of nitrogens with one attached hydrogen (secondary N) is 2. The van der Waals surface area contributed by atoms with E-state index in [-0.39, 0.29) is 19.2 Å². The minimum atomic E-state index is -0.143. The van der Waals surface area contributed by atoms with Gasteiger partial charge in [0.2, 0.25) is 12.7 Å². The highest BCUT2D eigenvalue weighted by Gasteiger charge is 2.13. The monoisotopic (exact) mass is 309 g/mol. The number of anilines is 1. The second kappa shape index (κ2) is 6.81. The first-order valence-electron chi connectivity index (χ1n) is 7.14. The Morgan fingerprint density at radius 3 is 2.70 bits per heavy atom. The zero-order valence-corrected chi connectivity index (χ0v) is 12.3. The van der Waals surface area contributed by atoms with Crippen LogP contribution in [0.3, 0.4) is 0 Å². The largest absolute Gasteiger partial charge is 0.454 e. The first-order chi connectivity index (χ1) is 11.2. The summed E-state index contributed by atoms with van der Waals surface area (Å²) < 4.78 is 10.6. The molecule has 116 valence electrons. The number of hydrogen-bond acceptors (Lipinski definition) is 5. The van der Waals surface area contributed by atoms with Crippen molar-refractivity contribution in [1.29, 1.82) is 5.26 Å². The van der Waals surface area contributed by atoms with Crippen LogP contribution in [0.2, 0.25) is 0 Å². The second-order valence-corrected chi connectivity index (χ2v) is 5.03. The first kappa shape index (κ1) is 14.9. The molecule has 2 aromatic carbocycles. The van der Waals surface area contributed by atoms with Crippen molar-refractivity contribution in [2.45, 2.75) is 6.54 Å². The van der Waals surface area contributed by atoms with Crippen LogP contribution in [0.5, 0.6) is 11.5 Å². The molecule has 2 aromatic rings. The standard InChI is InChI=1S/C17H15N3O3/c18-8-12-1-4-14(5-2-12)20-17(21)10-19-9-13-3-6-15-16(7-13)23-11-22-15/h1-7,19H,9-11H2,(H,20,21). The summed E-state index contributed by atoms with van der Waals surface area (Å²) in [5.41, 5.74) is 2.24.